The summed E-state index contributed by atoms with van der Waals surface area (Å²) in [5, 5.41) is 17.4. The number of hydrogen-bond acceptors (Lipinski definition) is 6. The molecule has 0 unspecified atom stereocenters. The van der Waals surface area contributed by atoms with E-state index in [0.29, 0.717) is 21.8 Å². The van der Waals surface area contributed by atoms with Gasteiger partial charge >= 0.3 is 0 Å². The lowest BCUT2D eigenvalue weighted by atomic mass is 10.1. The Morgan fingerprint density at radius 3 is 2.59 bits per heavy atom. The summed E-state index contributed by atoms with van der Waals surface area (Å²) in [5.41, 5.74) is 2.60. The molecule has 2 heterocycles. The number of nitrogens with zero attached hydrogens (tertiary/aromatic N) is 5. The summed E-state index contributed by atoms with van der Waals surface area (Å²) in [7, 11) is 0. The zero-order valence-corrected chi connectivity index (χ0v) is 17.5. The fraction of sp³-hybridized carbons (Fsp3) is 0.0455. The first-order valence-corrected chi connectivity index (χ1v) is 10.2. The average Bonchev–Trinajstić information content (AvgIpc) is 3.18. The largest absolute Gasteiger partial charge is 0.269 e. The molecule has 0 aliphatic heterocycles. The number of thiazole rings is 1. The molecule has 0 spiro atoms. The lowest BCUT2D eigenvalue weighted by Crippen LogP contribution is -2.14. The van der Waals surface area contributed by atoms with Crippen LogP contribution in [0.3, 0.4) is 0 Å². The first-order valence-electron chi connectivity index (χ1n) is 9.33. The summed E-state index contributed by atoms with van der Waals surface area (Å²) in [6.07, 6.45) is 3.31. The predicted octanol–water partition coefficient (Wildman–Crippen LogP) is 5.30. The zero-order chi connectivity index (χ0) is 22.7. The van der Waals surface area contributed by atoms with Crippen LogP contribution in [0.1, 0.15) is 12.5 Å². The quantitative estimate of drug-likeness (QED) is 0.234. The fourth-order valence-corrected chi connectivity index (χ4v) is 3.73. The highest BCUT2D eigenvalue weighted by Crippen LogP contribution is 2.24. The van der Waals surface area contributed by atoms with Crippen molar-refractivity contribution in [3.05, 3.63) is 104 Å². The van der Waals surface area contributed by atoms with E-state index < -0.39 is 16.6 Å². The molecule has 0 radical (unpaired) electrons. The summed E-state index contributed by atoms with van der Waals surface area (Å²) in [6.45, 7) is 1.80. The van der Waals surface area contributed by atoms with Gasteiger partial charge < -0.3 is 0 Å². The third kappa shape index (κ3) is 4.49. The van der Waals surface area contributed by atoms with E-state index in [1.807, 2.05) is 6.07 Å². The van der Waals surface area contributed by atoms with Crippen LogP contribution in [0.5, 0.6) is 0 Å². The average molecular weight is 451 g/mol. The van der Waals surface area contributed by atoms with Crippen molar-refractivity contribution in [3.8, 4) is 11.3 Å². The van der Waals surface area contributed by atoms with E-state index in [1.165, 1.54) is 34.2 Å². The van der Waals surface area contributed by atoms with E-state index in [4.69, 9.17) is 0 Å². The number of nitro groups is 1. The molecular formula is C22H15F2N5O2S. The number of rotatable bonds is 5. The summed E-state index contributed by atoms with van der Waals surface area (Å²) >= 11 is 1.21. The second kappa shape index (κ2) is 8.98. The van der Waals surface area contributed by atoms with E-state index in [1.54, 1.807) is 42.9 Å². The van der Waals surface area contributed by atoms with Gasteiger partial charge in [-0.05, 0) is 37.3 Å². The normalized spacial score (nSPS) is 12.2. The molecule has 0 saturated heterocycles. The fourth-order valence-electron chi connectivity index (χ4n) is 2.89. The molecule has 2 aromatic carbocycles. The number of halogens is 2. The molecule has 0 fully saturated rings. The number of aromatic nitrogens is 2. The number of benzene rings is 2. The van der Waals surface area contributed by atoms with E-state index in [-0.39, 0.29) is 11.4 Å². The molecule has 10 heteroatoms. The molecular weight excluding hydrogens is 436 g/mol. The van der Waals surface area contributed by atoms with Crippen LogP contribution >= 0.6 is 11.3 Å². The van der Waals surface area contributed by atoms with Crippen molar-refractivity contribution in [1.82, 2.24) is 9.66 Å². The molecule has 4 rings (SSSR count). The molecule has 32 heavy (non-hydrogen) atoms. The maximum atomic E-state index is 14.2. The van der Waals surface area contributed by atoms with Gasteiger partial charge in [0.1, 0.15) is 11.5 Å². The lowest BCUT2D eigenvalue weighted by molar-refractivity contribution is -0.384. The van der Waals surface area contributed by atoms with Crippen molar-refractivity contribution in [2.24, 2.45) is 10.1 Å². The van der Waals surface area contributed by atoms with Crippen LogP contribution in [-0.2, 0) is 0 Å². The van der Waals surface area contributed by atoms with Gasteiger partial charge in [0.25, 0.3) is 5.69 Å². The Labute approximate surface area is 184 Å². The maximum absolute atomic E-state index is 14.2. The molecule has 0 amide bonds. The Morgan fingerprint density at radius 1 is 1.16 bits per heavy atom. The Morgan fingerprint density at radius 2 is 1.94 bits per heavy atom. The second-order valence-electron chi connectivity index (χ2n) is 6.65. The van der Waals surface area contributed by atoms with Gasteiger partial charge in [-0.15, -0.1) is 11.3 Å². The van der Waals surface area contributed by atoms with Gasteiger partial charge in [0, 0.05) is 47.1 Å². The highest BCUT2D eigenvalue weighted by Gasteiger charge is 2.12. The van der Waals surface area contributed by atoms with Gasteiger partial charge in [0.2, 0.25) is 4.80 Å². The maximum Gasteiger partial charge on any atom is 0.269 e. The molecule has 0 saturated carbocycles. The Balaban J connectivity index is 1.89. The third-order valence-electron chi connectivity index (χ3n) is 4.51. The highest BCUT2D eigenvalue weighted by molar-refractivity contribution is 7.07. The van der Waals surface area contributed by atoms with Crippen molar-refractivity contribution < 1.29 is 13.7 Å². The molecule has 0 bridgehead atoms. The third-order valence-corrected chi connectivity index (χ3v) is 5.33. The van der Waals surface area contributed by atoms with E-state index in [0.717, 1.165) is 17.7 Å². The Hall–Kier alpha value is -4.05. The number of pyridine rings is 1. The van der Waals surface area contributed by atoms with Crippen molar-refractivity contribution in [1.29, 1.82) is 0 Å². The van der Waals surface area contributed by atoms with Gasteiger partial charge in [-0.3, -0.25) is 15.1 Å². The van der Waals surface area contributed by atoms with E-state index >= 15 is 0 Å². The van der Waals surface area contributed by atoms with Crippen molar-refractivity contribution in [2.45, 2.75) is 6.92 Å². The molecule has 0 atom stereocenters. The van der Waals surface area contributed by atoms with Crippen LogP contribution in [0.2, 0.25) is 0 Å². The number of non-ortho nitro benzene ring substituents is 1. The van der Waals surface area contributed by atoms with Gasteiger partial charge in [-0.1, -0.05) is 6.07 Å². The smallest absolute Gasteiger partial charge is 0.264 e. The summed E-state index contributed by atoms with van der Waals surface area (Å²) in [5.74, 6) is -1.49. The first-order chi connectivity index (χ1) is 15.4. The van der Waals surface area contributed by atoms with Gasteiger partial charge in [0.05, 0.1) is 16.3 Å². The minimum atomic E-state index is -0.796. The zero-order valence-electron chi connectivity index (χ0n) is 16.6. The van der Waals surface area contributed by atoms with Crippen LogP contribution in [-0.4, -0.2) is 20.3 Å². The van der Waals surface area contributed by atoms with Crippen LogP contribution in [0.4, 0.5) is 20.2 Å². The Kier molecular flexibility index (Phi) is 5.95. The number of hydrogen-bond donors (Lipinski definition) is 0. The molecule has 4 aromatic rings. The van der Waals surface area contributed by atoms with Crippen molar-refractivity contribution >= 4 is 28.4 Å². The van der Waals surface area contributed by atoms with Crippen LogP contribution in [0, 0.1) is 21.7 Å². The number of nitro benzene ring substituents is 1. The highest BCUT2D eigenvalue weighted by atomic mass is 32.1. The van der Waals surface area contributed by atoms with Crippen LogP contribution in [0.15, 0.2) is 82.5 Å². The molecule has 7 nitrogen and oxygen atoms in total. The monoisotopic (exact) mass is 451 g/mol. The molecule has 0 aliphatic rings. The Bertz CT molecular complexity index is 1380. The minimum absolute atomic E-state index is 0.0357. The summed E-state index contributed by atoms with van der Waals surface area (Å²) < 4.78 is 29.0. The molecule has 2 aromatic heterocycles. The SMILES string of the molecule is CC(=Nn1c(-c2ccc([N+](=O)[O-])cc2)csc1=Nc1ccc(F)cc1F)c1cccnc1. The molecule has 160 valence electrons. The minimum Gasteiger partial charge on any atom is -0.264 e. The standard InChI is InChI=1S/C22H15F2N5O2S/c1-14(16-3-2-10-25-12-16)27-28-21(15-4-7-18(8-5-15)29(30)31)13-32-22(28)26-20-9-6-17(23)11-19(20)24/h2-13H,1H3. The van der Waals surface area contributed by atoms with E-state index in [9.17, 15) is 18.9 Å². The topological polar surface area (TPSA) is 85.7 Å². The van der Waals surface area contributed by atoms with Crippen LogP contribution < -0.4 is 4.80 Å². The van der Waals surface area contributed by atoms with Gasteiger partial charge in [-0.25, -0.2) is 18.4 Å². The van der Waals surface area contributed by atoms with Crippen LogP contribution in [0.25, 0.3) is 11.3 Å². The summed E-state index contributed by atoms with van der Waals surface area (Å²) in [4.78, 5) is 19.3. The van der Waals surface area contributed by atoms with Crippen molar-refractivity contribution in [2.75, 3.05) is 0 Å². The predicted molar refractivity (Wildman–Crippen MR) is 118 cm³/mol. The molecule has 0 aliphatic carbocycles. The summed E-state index contributed by atoms with van der Waals surface area (Å²) in [6, 6.07) is 12.8. The lowest BCUT2D eigenvalue weighted by Gasteiger charge is -2.06. The first kappa shape index (κ1) is 21.2. The van der Waals surface area contributed by atoms with Gasteiger partial charge in [0.15, 0.2) is 5.82 Å². The second-order valence-corrected chi connectivity index (χ2v) is 7.49. The molecule has 0 N–H and O–H groups in total. The van der Waals surface area contributed by atoms with Gasteiger partial charge in [-0.2, -0.15) is 5.10 Å². The van der Waals surface area contributed by atoms with E-state index in [2.05, 4.69) is 15.1 Å². The van der Waals surface area contributed by atoms with Crippen molar-refractivity contribution in [3.63, 3.8) is 0 Å².